The van der Waals surface area contributed by atoms with Gasteiger partial charge in [0.1, 0.15) is 11.7 Å². The Balaban J connectivity index is 1.81. The van der Waals surface area contributed by atoms with Gasteiger partial charge in [0.05, 0.1) is 12.2 Å². The SMILES string of the molecule is CCCCCCC/C=C(\C)C(=O)[C@@H]1C(=O)O[C@@]2(C)C(=O)C=C3C=C(C)OC=C3[C@@H]12. The molecule has 3 aliphatic rings. The average molecular weight is 398 g/mol. The number of hydrogen-bond donors (Lipinski definition) is 0. The van der Waals surface area contributed by atoms with Crippen molar-refractivity contribution in [2.24, 2.45) is 11.8 Å². The Morgan fingerprint density at radius 2 is 1.90 bits per heavy atom. The van der Waals surface area contributed by atoms with Gasteiger partial charge in [-0.25, -0.2) is 0 Å². The van der Waals surface area contributed by atoms with Gasteiger partial charge in [0.2, 0.25) is 0 Å². The standard InChI is InChI=1S/C24H30O5/c1-5-6-7-8-9-10-11-15(2)22(26)20-21-18-14-28-16(3)12-17(18)13-19(25)24(21,4)29-23(20)27/h11-14,20-21H,5-10H2,1-4H3/b15-11+/t20-,21+,24+/m1/s1. The second-order valence-electron chi connectivity index (χ2n) is 8.35. The van der Waals surface area contributed by atoms with Crippen LogP contribution in [0.1, 0.15) is 66.2 Å². The van der Waals surface area contributed by atoms with Crippen LogP contribution in [-0.4, -0.2) is 23.1 Å². The lowest BCUT2D eigenvalue weighted by Crippen LogP contribution is -2.46. The van der Waals surface area contributed by atoms with Gasteiger partial charge in [0, 0.05) is 5.57 Å². The minimum atomic E-state index is -1.37. The Morgan fingerprint density at radius 1 is 1.17 bits per heavy atom. The molecule has 0 aromatic rings. The van der Waals surface area contributed by atoms with Gasteiger partial charge >= 0.3 is 5.97 Å². The topological polar surface area (TPSA) is 69.7 Å². The summed E-state index contributed by atoms with van der Waals surface area (Å²) in [5, 5.41) is 0. The molecular formula is C24H30O5. The van der Waals surface area contributed by atoms with Crippen LogP contribution in [0, 0.1) is 11.8 Å². The smallest absolute Gasteiger partial charge is 0.318 e. The molecule has 0 aromatic carbocycles. The first-order chi connectivity index (χ1) is 13.8. The van der Waals surface area contributed by atoms with Gasteiger partial charge in [0.25, 0.3) is 0 Å². The summed E-state index contributed by atoms with van der Waals surface area (Å²) < 4.78 is 11.0. The minimum absolute atomic E-state index is 0.265. The number of esters is 1. The Morgan fingerprint density at radius 3 is 2.62 bits per heavy atom. The molecule has 2 aliphatic heterocycles. The monoisotopic (exact) mass is 398 g/mol. The van der Waals surface area contributed by atoms with Crippen molar-refractivity contribution < 1.29 is 23.9 Å². The summed E-state index contributed by atoms with van der Waals surface area (Å²) >= 11 is 0. The summed E-state index contributed by atoms with van der Waals surface area (Å²) in [6.45, 7) is 7.31. The number of ether oxygens (including phenoxy) is 2. The zero-order chi connectivity index (χ0) is 21.2. The molecule has 0 bridgehead atoms. The summed E-state index contributed by atoms with van der Waals surface area (Å²) in [5.41, 5.74) is 0.554. The summed E-state index contributed by atoms with van der Waals surface area (Å²) in [5.74, 6) is -2.23. The van der Waals surface area contributed by atoms with Crippen LogP contribution < -0.4 is 0 Å². The van der Waals surface area contributed by atoms with E-state index in [0.717, 1.165) is 19.3 Å². The van der Waals surface area contributed by atoms with Crippen LogP contribution in [-0.2, 0) is 23.9 Å². The van der Waals surface area contributed by atoms with Crippen molar-refractivity contribution >= 4 is 17.5 Å². The summed E-state index contributed by atoms with van der Waals surface area (Å²) in [6, 6.07) is 0. The number of Topliss-reactive ketones (excluding diaryl/α,β-unsaturated/α-hetero) is 1. The van der Waals surface area contributed by atoms with E-state index >= 15 is 0 Å². The van der Waals surface area contributed by atoms with E-state index in [2.05, 4.69) is 6.92 Å². The van der Waals surface area contributed by atoms with Crippen LogP contribution in [0.5, 0.6) is 0 Å². The number of ketones is 2. The molecule has 1 saturated heterocycles. The third-order valence-electron chi connectivity index (χ3n) is 6.10. The minimum Gasteiger partial charge on any atom is -0.469 e. The Hall–Kier alpha value is -2.43. The highest BCUT2D eigenvalue weighted by atomic mass is 16.6. The predicted octanol–water partition coefficient (Wildman–Crippen LogP) is 4.74. The number of rotatable bonds is 8. The van der Waals surface area contributed by atoms with Crippen LogP contribution in [0.2, 0.25) is 0 Å². The van der Waals surface area contributed by atoms with Crippen LogP contribution in [0.25, 0.3) is 0 Å². The fourth-order valence-electron chi connectivity index (χ4n) is 4.36. The molecule has 29 heavy (non-hydrogen) atoms. The lowest BCUT2D eigenvalue weighted by atomic mass is 9.67. The molecule has 1 fully saturated rings. The zero-order valence-corrected chi connectivity index (χ0v) is 17.7. The molecule has 5 nitrogen and oxygen atoms in total. The first-order valence-electron chi connectivity index (χ1n) is 10.5. The number of fused-ring (bicyclic) bond motifs is 3. The lowest BCUT2D eigenvalue weighted by molar-refractivity contribution is -0.156. The van der Waals surface area contributed by atoms with Crippen LogP contribution in [0.15, 0.2) is 47.0 Å². The first kappa shape index (κ1) is 21.3. The van der Waals surface area contributed by atoms with Gasteiger partial charge in [-0.15, -0.1) is 0 Å². The maximum absolute atomic E-state index is 13.2. The average Bonchev–Trinajstić information content (AvgIpc) is 2.95. The maximum atomic E-state index is 13.2. The highest BCUT2D eigenvalue weighted by Crippen LogP contribution is 2.50. The Labute approximate surface area is 172 Å². The molecule has 0 radical (unpaired) electrons. The van der Waals surface area contributed by atoms with Crippen molar-refractivity contribution in [3.63, 3.8) is 0 Å². The Kier molecular flexibility index (Phi) is 6.25. The molecule has 0 spiro atoms. The van der Waals surface area contributed by atoms with Crippen molar-refractivity contribution in [3.8, 4) is 0 Å². The summed E-state index contributed by atoms with van der Waals surface area (Å²) in [7, 11) is 0. The third-order valence-corrected chi connectivity index (χ3v) is 6.10. The van der Waals surface area contributed by atoms with Crippen molar-refractivity contribution in [1.82, 2.24) is 0 Å². The van der Waals surface area contributed by atoms with E-state index in [1.54, 1.807) is 33.1 Å². The molecule has 1 aliphatic carbocycles. The van der Waals surface area contributed by atoms with Gasteiger partial charge in [-0.1, -0.05) is 38.7 Å². The van der Waals surface area contributed by atoms with Gasteiger partial charge in [-0.05, 0) is 56.9 Å². The van der Waals surface area contributed by atoms with E-state index in [9.17, 15) is 14.4 Å². The van der Waals surface area contributed by atoms with Crippen LogP contribution >= 0.6 is 0 Å². The normalized spacial score (nSPS) is 28.6. The van der Waals surface area contributed by atoms with Crippen molar-refractivity contribution in [2.45, 2.75) is 71.8 Å². The number of allylic oxidation sites excluding steroid dienone is 5. The van der Waals surface area contributed by atoms with E-state index in [1.807, 2.05) is 6.08 Å². The molecule has 0 N–H and O–H groups in total. The molecule has 3 rings (SSSR count). The second-order valence-corrected chi connectivity index (χ2v) is 8.35. The van der Waals surface area contributed by atoms with Crippen molar-refractivity contribution in [1.29, 1.82) is 0 Å². The van der Waals surface area contributed by atoms with E-state index in [0.29, 0.717) is 22.5 Å². The highest BCUT2D eigenvalue weighted by Gasteiger charge is 2.62. The molecule has 0 unspecified atom stereocenters. The second kappa shape index (κ2) is 8.52. The Bertz CT molecular complexity index is 841. The third kappa shape index (κ3) is 4.00. The number of carbonyl (C=O) groups excluding carboxylic acids is 3. The maximum Gasteiger partial charge on any atom is 0.318 e. The predicted molar refractivity (Wildman–Crippen MR) is 110 cm³/mol. The molecule has 0 aromatic heterocycles. The van der Waals surface area contributed by atoms with Gasteiger partial charge in [0.15, 0.2) is 17.2 Å². The molecule has 156 valence electrons. The lowest BCUT2D eigenvalue weighted by Gasteiger charge is -2.35. The quantitative estimate of drug-likeness (QED) is 0.256. The highest BCUT2D eigenvalue weighted by molar-refractivity contribution is 6.14. The first-order valence-corrected chi connectivity index (χ1v) is 10.5. The van der Waals surface area contributed by atoms with E-state index in [4.69, 9.17) is 9.47 Å². The van der Waals surface area contributed by atoms with Gasteiger partial charge in [-0.3, -0.25) is 14.4 Å². The molecular weight excluding hydrogens is 368 g/mol. The van der Waals surface area contributed by atoms with E-state index in [1.165, 1.54) is 25.3 Å². The number of hydrogen-bond acceptors (Lipinski definition) is 5. The molecule has 5 heteroatoms. The summed E-state index contributed by atoms with van der Waals surface area (Å²) in [4.78, 5) is 38.6. The number of carbonyl (C=O) groups is 3. The fraction of sp³-hybridized carbons (Fsp3) is 0.542. The molecule has 2 heterocycles. The summed E-state index contributed by atoms with van der Waals surface area (Å²) in [6.07, 6.45) is 13.3. The largest absolute Gasteiger partial charge is 0.469 e. The van der Waals surface area contributed by atoms with E-state index in [-0.39, 0.29) is 11.6 Å². The molecule has 0 saturated carbocycles. The van der Waals surface area contributed by atoms with E-state index < -0.39 is 23.4 Å². The van der Waals surface area contributed by atoms with Crippen molar-refractivity contribution in [3.05, 3.63) is 47.0 Å². The number of unbranched alkanes of at least 4 members (excludes halogenated alkanes) is 5. The van der Waals surface area contributed by atoms with Crippen LogP contribution in [0.3, 0.4) is 0 Å². The van der Waals surface area contributed by atoms with Crippen LogP contribution in [0.4, 0.5) is 0 Å². The zero-order valence-electron chi connectivity index (χ0n) is 17.7. The fourth-order valence-corrected chi connectivity index (χ4v) is 4.36. The molecule has 0 amide bonds. The van der Waals surface area contributed by atoms with Gasteiger partial charge in [-0.2, -0.15) is 0 Å². The molecule has 3 atom stereocenters. The van der Waals surface area contributed by atoms with Gasteiger partial charge < -0.3 is 9.47 Å². The van der Waals surface area contributed by atoms with Crippen molar-refractivity contribution in [2.75, 3.05) is 0 Å².